The number of hydrogen-bond acceptors (Lipinski definition) is 4. The molecule has 2 aromatic carbocycles. The first-order valence-corrected chi connectivity index (χ1v) is 11.9. The minimum absolute atomic E-state index is 0.294. The number of epoxide rings is 2. The van der Waals surface area contributed by atoms with Gasteiger partial charge >= 0.3 is 0 Å². The molecular formula is C27H34O4. The quantitative estimate of drug-likeness (QED) is 0.479. The van der Waals surface area contributed by atoms with Gasteiger partial charge in [-0.2, -0.15) is 0 Å². The lowest BCUT2D eigenvalue weighted by molar-refractivity contribution is 0.260. The molecule has 2 heterocycles. The highest BCUT2D eigenvalue weighted by Gasteiger charge is 2.26. The molecule has 166 valence electrons. The molecule has 0 aromatic heterocycles. The van der Waals surface area contributed by atoms with Crippen LogP contribution < -0.4 is 9.47 Å². The zero-order chi connectivity index (χ0) is 21.2. The van der Waals surface area contributed by atoms with Crippen LogP contribution in [0.4, 0.5) is 0 Å². The molecule has 0 radical (unpaired) electrons. The first-order valence-electron chi connectivity index (χ1n) is 11.9. The van der Waals surface area contributed by atoms with Gasteiger partial charge in [-0.05, 0) is 78.3 Å². The Kier molecular flexibility index (Phi) is 6.20. The largest absolute Gasteiger partial charge is 0.491 e. The number of hydrogen-bond donors (Lipinski definition) is 0. The second-order valence-corrected chi connectivity index (χ2v) is 9.60. The molecular weight excluding hydrogens is 388 g/mol. The molecule has 1 aliphatic carbocycles. The Hall–Kier alpha value is -2.04. The Morgan fingerprint density at radius 2 is 1.32 bits per heavy atom. The van der Waals surface area contributed by atoms with Gasteiger partial charge in [0.05, 0.1) is 13.2 Å². The summed E-state index contributed by atoms with van der Waals surface area (Å²) in [6.45, 7) is 7.52. The first-order chi connectivity index (χ1) is 15.2. The van der Waals surface area contributed by atoms with Crippen LogP contribution in [0.5, 0.6) is 11.5 Å². The van der Waals surface area contributed by atoms with Crippen molar-refractivity contribution >= 4 is 0 Å². The fourth-order valence-corrected chi connectivity index (χ4v) is 4.70. The van der Waals surface area contributed by atoms with Gasteiger partial charge in [0.25, 0.3) is 0 Å². The molecule has 2 aliphatic heterocycles. The maximum Gasteiger partial charge on any atom is 0.122 e. The molecule has 4 nitrogen and oxygen atoms in total. The summed E-state index contributed by atoms with van der Waals surface area (Å²) >= 11 is 0. The van der Waals surface area contributed by atoms with Crippen LogP contribution in [0, 0.1) is 0 Å². The standard InChI is InChI=1S/C27H34O4/c1-18(2)26-13-22(9-12-27(26)31-17-25-16-30-25)21-5-3-19(4-6-21)20-7-10-23(11-8-20)28-14-24-15-29-24/h7-13,18-19,21,24-25H,3-6,14-17H2,1-2H3. The monoisotopic (exact) mass is 422 g/mol. The van der Waals surface area contributed by atoms with Crippen LogP contribution in [0.2, 0.25) is 0 Å². The van der Waals surface area contributed by atoms with Crippen molar-refractivity contribution in [1.82, 2.24) is 0 Å². The molecule has 0 amide bonds. The van der Waals surface area contributed by atoms with E-state index >= 15 is 0 Å². The Bertz CT molecular complexity index is 859. The van der Waals surface area contributed by atoms with E-state index in [2.05, 4.69) is 56.3 Å². The fourth-order valence-electron chi connectivity index (χ4n) is 4.70. The first kappa shape index (κ1) is 20.8. The van der Waals surface area contributed by atoms with Gasteiger partial charge in [-0.25, -0.2) is 0 Å². The molecule has 3 fully saturated rings. The van der Waals surface area contributed by atoms with E-state index in [9.17, 15) is 0 Å². The third kappa shape index (κ3) is 5.42. The Morgan fingerprint density at radius 3 is 1.90 bits per heavy atom. The van der Waals surface area contributed by atoms with Crippen LogP contribution in [0.3, 0.4) is 0 Å². The molecule has 0 bridgehead atoms. The Labute approximate surface area is 185 Å². The molecule has 2 saturated heterocycles. The molecule has 4 heteroatoms. The van der Waals surface area contributed by atoms with Crippen molar-refractivity contribution in [3.8, 4) is 11.5 Å². The molecule has 2 atom stereocenters. The van der Waals surface area contributed by atoms with E-state index in [4.69, 9.17) is 18.9 Å². The molecule has 1 saturated carbocycles. The van der Waals surface area contributed by atoms with Crippen molar-refractivity contribution in [2.75, 3.05) is 26.4 Å². The second kappa shape index (κ2) is 9.22. The second-order valence-electron chi connectivity index (χ2n) is 9.60. The lowest BCUT2D eigenvalue weighted by atomic mass is 9.75. The number of benzene rings is 2. The third-order valence-corrected chi connectivity index (χ3v) is 6.87. The van der Waals surface area contributed by atoms with E-state index in [-0.39, 0.29) is 0 Å². The summed E-state index contributed by atoms with van der Waals surface area (Å²) in [5.74, 6) is 3.74. The van der Waals surface area contributed by atoms with Gasteiger partial charge in [-0.15, -0.1) is 0 Å². The average molecular weight is 423 g/mol. The highest BCUT2D eigenvalue weighted by molar-refractivity contribution is 5.41. The van der Waals surface area contributed by atoms with Crippen molar-refractivity contribution in [3.05, 3.63) is 59.2 Å². The summed E-state index contributed by atoms with van der Waals surface area (Å²) in [6, 6.07) is 15.6. The van der Waals surface area contributed by atoms with E-state index in [1.807, 2.05) is 0 Å². The summed E-state index contributed by atoms with van der Waals surface area (Å²) in [5, 5.41) is 0. The molecule has 3 aliphatic rings. The fraction of sp³-hybridized carbons (Fsp3) is 0.556. The maximum atomic E-state index is 6.04. The van der Waals surface area contributed by atoms with Gasteiger partial charge < -0.3 is 18.9 Å². The van der Waals surface area contributed by atoms with Crippen LogP contribution in [0.1, 0.15) is 74.0 Å². The lowest BCUT2D eigenvalue weighted by Gasteiger charge is -2.30. The third-order valence-electron chi connectivity index (χ3n) is 6.87. The minimum atomic E-state index is 0.294. The molecule has 0 N–H and O–H groups in total. The van der Waals surface area contributed by atoms with Gasteiger partial charge in [0, 0.05) is 0 Å². The van der Waals surface area contributed by atoms with Crippen LogP contribution in [-0.2, 0) is 9.47 Å². The van der Waals surface area contributed by atoms with Crippen LogP contribution in [0.15, 0.2) is 42.5 Å². The van der Waals surface area contributed by atoms with Crippen molar-refractivity contribution < 1.29 is 18.9 Å². The van der Waals surface area contributed by atoms with Crippen molar-refractivity contribution in [2.24, 2.45) is 0 Å². The summed E-state index contributed by atoms with van der Waals surface area (Å²) in [7, 11) is 0. The van der Waals surface area contributed by atoms with Crippen LogP contribution in [0.25, 0.3) is 0 Å². The van der Waals surface area contributed by atoms with Crippen molar-refractivity contribution in [3.63, 3.8) is 0 Å². The zero-order valence-electron chi connectivity index (χ0n) is 18.7. The highest BCUT2D eigenvalue weighted by atomic mass is 16.6. The van der Waals surface area contributed by atoms with Gasteiger partial charge in [0.15, 0.2) is 0 Å². The van der Waals surface area contributed by atoms with E-state index in [0.717, 1.165) is 24.7 Å². The minimum Gasteiger partial charge on any atom is -0.491 e. The molecule has 31 heavy (non-hydrogen) atoms. The van der Waals surface area contributed by atoms with Crippen LogP contribution in [-0.4, -0.2) is 38.6 Å². The van der Waals surface area contributed by atoms with Gasteiger partial charge in [0.1, 0.15) is 36.9 Å². The summed E-state index contributed by atoms with van der Waals surface area (Å²) in [4.78, 5) is 0. The lowest BCUT2D eigenvalue weighted by Crippen LogP contribution is -2.13. The summed E-state index contributed by atoms with van der Waals surface area (Å²) in [5.41, 5.74) is 4.25. The van der Waals surface area contributed by atoms with E-state index in [1.165, 1.54) is 42.4 Å². The van der Waals surface area contributed by atoms with E-state index < -0.39 is 0 Å². The summed E-state index contributed by atoms with van der Waals surface area (Å²) < 4.78 is 22.3. The normalized spacial score (nSPS) is 27.2. The Morgan fingerprint density at radius 1 is 0.774 bits per heavy atom. The van der Waals surface area contributed by atoms with Crippen LogP contribution >= 0.6 is 0 Å². The smallest absolute Gasteiger partial charge is 0.122 e. The van der Waals surface area contributed by atoms with Gasteiger partial charge in [-0.1, -0.05) is 38.1 Å². The zero-order valence-corrected chi connectivity index (χ0v) is 18.7. The number of ether oxygens (including phenoxy) is 4. The van der Waals surface area contributed by atoms with Crippen molar-refractivity contribution in [2.45, 2.75) is 69.5 Å². The van der Waals surface area contributed by atoms with Gasteiger partial charge in [-0.3, -0.25) is 0 Å². The maximum absolute atomic E-state index is 6.04. The SMILES string of the molecule is CC(C)c1cc(C2CCC(c3ccc(OCC4CO4)cc3)CC2)ccc1OCC1CO1. The van der Waals surface area contributed by atoms with E-state index in [1.54, 1.807) is 0 Å². The molecule has 2 unspecified atom stereocenters. The number of rotatable bonds is 9. The predicted molar refractivity (Wildman–Crippen MR) is 121 cm³/mol. The van der Waals surface area contributed by atoms with Crippen molar-refractivity contribution in [1.29, 1.82) is 0 Å². The molecule has 0 spiro atoms. The average Bonchev–Trinajstić information content (AvgIpc) is 3.72. The van der Waals surface area contributed by atoms with Gasteiger partial charge in [0.2, 0.25) is 0 Å². The predicted octanol–water partition coefficient (Wildman–Crippen LogP) is 5.81. The topological polar surface area (TPSA) is 43.5 Å². The molecule has 5 rings (SSSR count). The summed E-state index contributed by atoms with van der Waals surface area (Å²) in [6.07, 6.45) is 5.58. The van der Waals surface area contributed by atoms with E-state index in [0.29, 0.717) is 43.2 Å². The molecule has 2 aromatic rings. The Balaban J connectivity index is 1.18. The highest BCUT2D eigenvalue weighted by Crippen LogP contribution is 2.42.